The quantitative estimate of drug-likeness (QED) is 0.653. The molecule has 0 amide bonds. The molecule has 1 atom stereocenters. The number of rotatable bonds is 6. The van der Waals surface area contributed by atoms with Crippen molar-refractivity contribution in [2.45, 2.75) is 12.6 Å². The van der Waals surface area contributed by atoms with Gasteiger partial charge in [0.2, 0.25) is 0 Å². The van der Waals surface area contributed by atoms with Crippen LogP contribution in [0.4, 0.5) is 4.39 Å². The second-order valence-corrected chi connectivity index (χ2v) is 5.68. The Kier molecular flexibility index (Phi) is 6.75. The molecule has 0 bridgehead atoms. The van der Waals surface area contributed by atoms with E-state index in [1.165, 1.54) is 12.1 Å². The van der Waals surface area contributed by atoms with Gasteiger partial charge in [0.15, 0.2) is 5.96 Å². The van der Waals surface area contributed by atoms with Crippen LogP contribution in [0.2, 0.25) is 0 Å². The molecule has 2 rings (SSSR count). The van der Waals surface area contributed by atoms with Gasteiger partial charge in [-0.3, -0.25) is 0 Å². The van der Waals surface area contributed by atoms with Crippen molar-refractivity contribution in [3.8, 4) is 0 Å². The van der Waals surface area contributed by atoms with Crippen molar-refractivity contribution in [2.24, 2.45) is 4.99 Å². The minimum atomic E-state index is -0.250. The molecular weight excluding hydrogens is 305 g/mol. The molecule has 0 heterocycles. The standard InChI is InChI=1S/C19H24FN3O/c1-23(2)19(21-13-15-7-5-4-6-8-15)22-14-18(24-3)16-9-11-17(20)12-10-16/h4-12,18H,13-14H2,1-3H3,(H,21,22). The molecule has 0 saturated carbocycles. The lowest BCUT2D eigenvalue weighted by atomic mass is 10.1. The number of halogens is 1. The first-order valence-electron chi connectivity index (χ1n) is 7.88. The summed E-state index contributed by atoms with van der Waals surface area (Å²) in [7, 11) is 5.53. The Balaban J connectivity index is 2.00. The topological polar surface area (TPSA) is 36.9 Å². The van der Waals surface area contributed by atoms with E-state index in [1.807, 2.05) is 49.3 Å². The SMILES string of the molecule is COC(CNC(=NCc1ccccc1)N(C)C)c1ccc(F)cc1. The van der Waals surface area contributed by atoms with Gasteiger partial charge in [-0.05, 0) is 23.3 Å². The molecule has 1 unspecified atom stereocenters. The maximum Gasteiger partial charge on any atom is 0.193 e. The van der Waals surface area contributed by atoms with Crippen molar-refractivity contribution >= 4 is 5.96 Å². The number of methoxy groups -OCH3 is 1. The fourth-order valence-corrected chi connectivity index (χ4v) is 2.30. The van der Waals surface area contributed by atoms with Crippen LogP contribution < -0.4 is 5.32 Å². The number of aliphatic imine (C=N–C) groups is 1. The lowest BCUT2D eigenvalue weighted by molar-refractivity contribution is 0.106. The smallest absolute Gasteiger partial charge is 0.193 e. The Morgan fingerprint density at radius 2 is 1.79 bits per heavy atom. The van der Waals surface area contributed by atoms with E-state index in [-0.39, 0.29) is 11.9 Å². The van der Waals surface area contributed by atoms with Gasteiger partial charge in [-0.25, -0.2) is 9.38 Å². The van der Waals surface area contributed by atoms with Crippen molar-refractivity contribution in [1.29, 1.82) is 0 Å². The Morgan fingerprint density at radius 3 is 2.38 bits per heavy atom. The van der Waals surface area contributed by atoms with Crippen LogP contribution in [-0.4, -0.2) is 38.6 Å². The van der Waals surface area contributed by atoms with E-state index >= 15 is 0 Å². The minimum Gasteiger partial charge on any atom is -0.375 e. The summed E-state index contributed by atoms with van der Waals surface area (Å²) in [6, 6.07) is 16.5. The third-order valence-electron chi connectivity index (χ3n) is 3.65. The van der Waals surface area contributed by atoms with E-state index in [9.17, 15) is 4.39 Å². The van der Waals surface area contributed by atoms with Crippen molar-refractivity contribution in [2.75, 3.05) is 27.7 Å². The van der Waals surface area contributed by atoms with Crippen molar-refractivity contribution in [3.63, 3.8) is 0 Å². The van der Waals surface area contributed by atoms with Crippen molar-refractivity contribution in [3.05, 3.63) is 71.5 Å². The molecule has 2 aromatic carbocycles. The molecule has 128 valence electrons. The number of benzene rings is 2. The second kappa shape index (κ2) is 9.03. The monoisotopic (exact) mass is 329 g/mol. The molecular formula is C19H24FN3O. The lowest BCUT2D eigenvalue weighted by Gasteiger charge is -2.22. The number of nitrogens with one attached hydrogen (secondary N) is 1. The summed E-state index contributed by atoms with van der Waals surface area (Å²) in [5.74, 6) is 0.531. The van der Waals surface area contributed by atoms with Crippen LogP contribution in [0.3, 0.4) is 0 Å². The van der Waals surface area contributed by atoms with Gasteiger partial charge in [0.05, 0.1) is 12.6 Å². The summed E-state index contributed by atoms with van der Waals surface area (Å²) < 4.78 is 18.6. The zero-order valence-electron chi connectivity index (χ0n) is 14.4. The largest absolute Gasteiger partial charge is 0.375 e. The molecule has 4 nitrogen and oxygen atoms in total. The highest BCUT2D eigenvalue weighted by atomic mass is 19.1. The number of hydrogen-bond acceptors (Lipinski definition) is 2. The van der Waals surface area contributed by atoms with Crippen LogP contribution in [0.25, 0.3) is 0 Å². The molecule has 0 radical (unpaired) electrons. The van der Waals surface area contributed by atoms with E-state index in [2.05, 4.69) is 10.3 Å². The predicted octanol–water partition coefficient (Wildman–Crippen LogP) is 3.22. The molecule has 0 aliphatic carbocycles. The van der Waals surface area contributed by atoms with Crippen LogP contribution >= 0.6 is 0 Å². The molecule has 24 heavy (non-hydrogen) atoms. The normalized spacial score (nSPS) is 12.8. The average Bonchev–Trinajstić information content (AvgIpc) is 2.60. The van der Waals surface area contributed by atoms with Gasteiger partial charge in [-0.1, -0.05) is 42.5 Å². The fraction of sp³-hybridized carbons (Fsp3) is 0.316. The number of ether oxygens (including phenoxy) is 1. The number of nitrogens with zero attached hydrogens (tertiary/aromatic N) is 2. The first kappa shape index (κ1) is 17.9. The first-order chi connectivity index (χ1) is 11.6. The Labute approximate surface area is 143 Å². The number of guanidine groups is 1. The van der Waals surface area contributed by atoms with Crippen molar-refractivity contribution in [1.82, 2.24) is 10.2 Å². The molecule has 0 aliphatic rings. The maximum absolute atomic E-state index is 13.1. The third-order valence-corrected chi connectivity index (χ3v) is 3.65. The summed E-state index contributed by atoms with van der Waals surface area (Å²) >= 11 is 0. The minimum absolute atomic E-state index is 0.174. The van der Waals surface area contributed by atoms with Crippen LogP contribution in [0.5, 0.6) is 0 Å². The second-order valence-electron chi connectivity index (χ2n) is 5.68. The summed E-state index contributed by atoms with van der Waals surface area (Å²) in [5.41, 5.74) is 2.08. The molecule has 0 saturated heterocycles. The van der Waals surface area contributed by atoms with Gasteiger partial charge in [0.25, 0.3) is 0 Å². The van der Waals surface area contributed by atoms with E-state index in [1.54, 1.807) is 19.2 Å². The highest BCUT2D eigenvalue weighted by Crippen LogP contribution is 2.16. The lowest BCUT2D eigenvalue weighted by Crippen LogP contribution is -2.39. The van der Waals surface area contributed by atoms with E-state index in [0.717, 1.165) is 17.1 Å². The average molecular weight is 329 g/mol. The van der Waals surface area contributed by atoms with E-state index in [0.29, 0.717) is 13.1 Å². The van der Waals surface area contributed by atoms with Gasteiger partial charge >= 0.3 is 0 Å². The Bertz CT molecular complexity index is 641. The predicted molar refractivity (Wildman–Crippen MR) is 95.4 cm³/mol. The first-order valence-corrected chi connectivity index (χ1v) is 7.88. The molecule has 0 aliphatic heterocycles. The van der Waals surface area contributed by atoms with Gasteiger partial charge in [-0.15, -0.1) is 0 Å². The Morgan fingerprint density at radius 1 is 1.12 bits per heavy atom. The molecule has 0 spiro atoms. The highest BCUT2D eigenvalue weighted by Gasteiger charge is 2.12. The van der Waals surface area contributed by atoms with Gasteiger partial charge in [0, 0.05) is 27.7 Å². The molecule has 1 N–H and O–H groups in total. The van der Waals surface area contributed by atoms with Crippen LogP contribution in [0.15, 0.2) is 59.6 Å². The van der Waals surface area contributed by atoms with Crippen molar-refractivity contribution < 1.29 is 9.13 Å². The molecule has 2 aromatic rings. The maximum atomic E-state index is 13.1. The fourth-order valence-electron chi connectivity index (χ4n) is 2.30. The zero-order valence-corrected chi connectivity index (χ0v) is 14.4. The molecule has 0 fully saturated rings. The Hall–Kier alpha value is -2.40. The molecule has 5 heteroatoms. The van der Waals surface area contributed by atoms with Gasteiger partial charge in [-0.2, -0.15) is 0 Å². The number of hydrogen-bond donors (Lipinski definition) is 1. The van der Waals surface area contributed by atoms with Gasteiger partial charge < -0.3 is 15.0 Å². The van der Waals surface area contributed by atoms with Crippen LogP contribution in [0, 0.1) is 5.82 Å². The summed E-state index contributed by atoms with van der Waals surface area (Å²) in [4.78, 5) is 6.55. The van der Waals surface area contributed by atoms with E-state index in [4.69, 9.17) is 4.74 Å². The summed E-state index contributed by atoms with van der Waals surface area (Å²) in [5, 5.41) is 3.31. The summed E-state index contributed by atoms with van der Waals surface area (Å²) in [6.45, 7) is 1.16. The third kappa shape index (κ3) is 5.35. The zero-order chi connectivity index (χ0) is 17.4. The highest BCUT2D eigenvalue weighted by molar-refractivity contribution is 5.79. The van der Waals surface area contributed by atoms with E-state index < -0.39 is 0 Å². The van der Waals surface area contributed by atoms with Crippen LogP contribution in [0.1, 0.15) is 17.2 Å². The molecule has 0 aromatic heterocycles. The van der Waals surface area contributed by atoms with Crippen LogP contribution in [-0.2, 0) is 11.3 Å². The summed E-state index contributed by atoms with van der Waals surface area (Å²) in [6.07, 6.45) is -0.174. The van der Waals surface area contributed by atoms with Gasteiger partial charge in [0.1, 0.15) is 5.82 Å².